The van der Waals surface area contributed by atoms with Crippen molar-refractivity contribution < 1.29 is 0 Å². The predicted octanol–water partition coefficient (Wildman–Crippen LogP) is 5.25. The smallest absolute Gasteiger partial charge is 0.00463 e. The number of aryl methyl sites for hydroxylation is 1. The summed E-state index contributed by atoms with van der Waals surface area (Å²) in [5.41, 5.74) is 5.47. The third kappa shape index (κ3) is 3.10. The standard InChI is InChI=1S/C21H27N/c1-15(8-9-18-10-12-22-13-11-18)21-14-19-6-4-5-7-20(19)16(2)17(21)3/h4-7,14,18,22H,1,8-13H2,2-3H3. The van der Waals surface area contributed by atoms with E-state index in [0.717, 1.165) is 12.3 Å². The van der Waals surface area contributed by atoms with Gasteiger partial charge >= 0.3 is 0 Å². The fourth-order valence-electron chi connectivity index (χ4n) is 3.68. The third-order valence-electron chi connectivity index (χ3n) is 5.33. The van der Waals surface area contributed by atoms with Gasteiger partial charge in [-0.25, -0.2) is 0 Å². The van der Waals surface area contributed by atoms with E-state index >= 15 is 0 Å². The van der Waals surface area contributed by atoms with Crippen LogP contribution in [0.5, 0.6) is 0 Å². The maximum Gasteiger partial charge on any atom is -0.00463 e. The second-order valence-corrected chi connectivity index (χ2v) is 6.73. The van der Waals surface area contributed by atoms with Gasteiger partial charge in [-0.2, -0.15) is 0 Å². The van der Waals surface area contributed by atoms with Crippen molar-refractivity contribution >= 4 is 16.3 Å². The highest BCUT2D eigenvalue weighted by Crippen LogP contribution is 2.32. The Morgan fingerprint density at radius 3 is 2.64 bits per heavy atom. The molecule has 0 amide bonds. The summed E-state index contributed by atoms with van der Waals surface area (Å²) in [7, 11) is 0. The Balaban J connectivity index is 1.79. The van der Waals surface area contributed by atoms with E-state index in [1.807, 2.05) is 0 Å². The van der Waals surface area contributed by atoms with Crippen LogP contribution in [0.25, 0.3) is 16.3 Å². The maximum absolute atomic E-state index is 4.40. The minimum atomic E-state index is 0.875. The van der Waals surface area contributed by atoms with E-state index in [1.165, 1.54) is 65.4 Å². The molecule has 22 heavy (non-hydrogen) atoms. The van der Waals surface area contributed by atoms with Crippen LogP contribution in [0.3, 0.4) is 0 Å². The Labute approximate surface area is 134 Å². The Bertz CT molecular complexity index is 678. The molecule has 1 N–H and O–H groups in total. The van der Waals surface area contributed by atoms with Crippen LogP contribution in [-0.4, -0.2) is 13.1 Å². The maximum atomic E-state index is 4.40. The average Bonchev–Trinajstić information content (AvgIpc) is 2.57. The summed E-state index contributed by atoms with van der Waals surface area (Å²) in [6.45, 7) is 11.3. The van der Waals surface area contributed by atoms with Crippen LogP contribution >= 0.6 is 0 Å². The zero-order valence-electron chi connectivity index (χ0n) is 13.9. The van der Waals surface area contributed by atoms with Gasteiger partial charge in [0.1, 0.15) is 0 Å². The van der Waals surface area contributed by atoms with Gasteiger partial charge in [-0.3, -0.25) is 0 Å². The first-order valence-corrected chi connectivity index (χ1v) is 8.54. The van der Waals surface area contributed by atoms with Crippen LogP contribution in [0.15, 0.2) is 36.9 Å². The summed E-state index contributed by atoms with van der Waals surface area (Å²) in [6, 6.07) is 11.0. The van der Waals surface area contributed by atoms with Crippen LogP contribution in [0, 0.1) is 19.8 Å². The van der Waals surface area contributed by atoms with Crippen LogP contribution in [0.2, 0.25) is 0 Å². The molecule has 0 aliphatic carbocycles. The van der Waals surface area contributed by atoms with Crippen molar-refractivity contribution in [1.29, 1.82) is 0 Å². The molecule has 0 atom stereocenters. The van der Waals surface area contributed by atoms with Gasteiger partial charge in [-0.15, -0.1) is 0 Å². The molecule has 1 heteroatoms. The molecule has 2 aromatic carbocycles. The minimum Gasteiger partial charge on any atom is -0.317 e. The van der Waals surface area contributed by atoms with Crippen LogP contribution < -0.4 is 5.32 Å². The quantitative estimate of drug-likeness (QED) is 0.812. The van der Waals surface area contributed by atoms with Gasteiger partial charge < -0.3 is 5.32 Å². The molecule has 1 saturated heterocycles. The van der Waals surface area contributed by atoms with Crippen molar-refractivity contribution in [3.8, 4) is 0 Å². The van der Waals surface area contributed by atoms with Crippen molar-refractivity contribution in [2.45, 2.75) is 39.5 Å². The van der Waals surface area contributed by atoms with E-state index in [1.54, 1.807) is 0 Å². The Morgan fingerprint density at radius 2 is 1.86 bits per heavy atom. The Morgan fingerprint density at radius 1 is 1.14 bits per heavy atom. The molecule has 3 rings (SSSR count). The summed E-state index contributed by atoms with van der Waals surface area (Å²) in [5, 5.41) is 6.16. The highest BCUT2D eigenvalue weighted by atomic mass is 14.9. The number of benzene rings is 2. The molecule has 1 aliphatic heterocycles. The molecule has 1 heterocycles. The highest BCUT2D eigenvalue weighted by Gasteiger charge is 2.15. The molecular weight excluding hydrogens is 266 g/mol. The van der Waals surface area contributed by atoms with Crippen molar-refractivity contribution in [3.05, 3.63) is 53.6 Å². The van der Waals surface area contributed by atoms with Gasteiger partial charge in [0.25, 0.3) is 0 Å². The number of nitrogens with one attached hydrogen (secondary N) is 1. The van der Waals surface area contributed by atoms with Crippen LogP contribution in [-0.2, 0) is 0 Å². The van der Waals surface area contributed by atoms with Gasteiger partial charge in [-0.05, 0) is 97.6 Å². The lowest BCUT2D eigenvalue weighted by molar-refractivity contribution is 0.357. The summed E-state index contributed by atoms with van der Waals surface area (Å²) in [6.07, 6.45) is 5.06. The first kappa shape index (κ1) is 15.3. The molecule has 0 spiro atoms. The van der Waals surface area contributed by atoms with Crippen LogP contribution in [0.4, 0.5) is 0 Å². The zero-order valence-corrected chi connectivity index (χ0v) is 13.9. The largest absolute Gasteiger partial charge is 0.317 e. The second-order valence-electron chi connectivity index (χ2n) is 6.73. The van der Waals surface area contributed by atoms with E-state index in [-0.39, 0.29) is 0 Å². The van der Waals surface area contributed by atoms with Gasteiger partial charge in [0.2, 0.25) is 0 Å². The predicted molar refractivity (Wildman–Crippen MR) is 97.3 cm³/mol. The van der Waals surface area contributed by atoms with Crippen molar-refractivity contribution in [3.63, 3.8) is 0 Å². The summed E-state index contributed by atoms with van der Waals surface area (Å²) >= 11 is 0. The van der Waals surface area contributed by atoms with Gasteiger partial charge in [0, 0.05) is 0 Å². The first-order chi connectivity index (χ1) is 10.7. The van der Waals surface area contributed by atoms with E-state index in [4.69, 9.17) is 0 Å². The zero-order chi connectivity index (χ0) is 15.5. The summed E-state index contributed by atoms with van der Waals surface area (Å²) in [4.78, 5) is 0. The lowest BCUT2D eigenvalue weighted by atomic mass is 9.87. The molecule has 2 aromatic rings. The Hall–Kier alpha value is -1.60. The van der Waals surface area contributed by atoms with Gasteiger partial charge in [0.15, 0.2) is 0 Å². The summed E-state index contributed by atoms with van der Waals surface area (Å²) in [5.74, 6) is 0.875. The normalized spacial score (nSPS) is 16.1. The minimum absolute atomic E-state index is 0.875. The van der Waals surface area contributed by atoms with Gasteiger partial charge in [0.05, 0.1) is 0 Å². The van der Waals surface area contributed by atoms with Crippen LogP contribution in [0.1, 0.15) is 42.4 Å². The number of rotatable bonds is 4. The lowest BCUT2D eigenvalue weighted by Crippen LogP contribution is -2.27. The first-order valence-electron chi connectivity index (χ1n) is 8.54. The number of piperidine rings is 1. The van der Waals surface area contributed by atoms with Crippen molar-refractivity contribution in [1.82, 2.24) is 5.32 Å². The number of fused-ring (bicyclic) bond motifs is 1. The molecule has 1 nitrogen and oxygen atoms in total. The van der Waals surface area contributed by atoms with E-state index < -0.39 is 0 Å². The van der Waals surface area contributed by atoms with Crippen molar-refractivity contribution in [2.24, 2.45) is 5.92 Å². The molecule has 0 bridgehead atoms. The average molecular weight is 293 g/mol. The molecule has 0 radical (unpaired) electrons. The number of hydrogen-bond donors (Lipinski definition) is 1. The van der Waals surface area contributed by atoms with E-state index in [0.29, 0.717) is 0 Å². The fourth-order valence-corrected chi connectivity index (χ4v) is 3.68. The molecule has 0 unspecified atom stereocenters. The number of hydrogen-bond acceptors (Lipinski definition) is 1. The van der Waals surface area contributed by atoms with E-state index in [2.05, 4.69) is 56.1 Å². The second kappa shape index (κ2) is 6.66. The fraction of sp³-hybridized carbons (Fsp3) is 0.429. The highest BCUT2D eigenvalue weighted by molar-refractivity contribution is 5.90. The molecule has 0 saturated carbocycles. The van der Waals surface area contributed by atoms with Crippen molar-refractivity contribution in [2.75, 3.05) is 13.1 Å². The van der Waals surface area contributed by atoms with Gasteiger partial charge in [-0.1, -0.05) is 30.8 Å². The van der Waals surface area contributed by atoms with E-state index in [9.17, 15) is 0 Å². The third-order valence-corrected chi connectivity index (χ3v) is 5.33. The topological polar surface area (TPSA) is 12.0 Å². The SMILES string of the molecule is C=C(CCC1CCNCC1)c1cc2ccccc2c(C)c1C. The molecular formula is C21H27N. The molecule has 0 aromatic heterocycles. The molecule has 1 fully saturated rings. The summed E-state index contributed by atoms with van der Waals surface area (Å²) < 4.78 is 0. The molecule has 116 valence electrons. The lowest BCUT2D eigenvalue weighted by Gasteiger charge is -2.23. The number of allylic oxidation sites excluding steroid dienone is 1. The Kier molecular flexibility index (Phi) is 4.63. The molecule has 1 aliphatic rings. The monoisotopic (exact) mass is 293 g/mol.